The van der Waals surface area contributed by atoms with E-state index < -0.39 is 18.1 Å². The number of aliphatic carboxylic acids is 1. The molecule has 2 atom stereocenters. The quantitative estimate of drug-likeness (QED) is 0.856. The Labute approximate surface area is 128 Å². The first-order valence-corrected chi connectivity index (χ1v) is 7.96. The fourth-order valence-electron chi connectivity index (χ4n) is 2.35. The standard InChI is InChI=1S/C15H19NO4S/c1-10-2-4-11(5-3-10)8-21-9-14(18)16-7-12(17)6-13(16)15(19)20/h2-5,12-13,17H,6-9H2,1H3,(H,19,20)/t12?,13-/m0/s1. The third-order valence-electron chi connectivity index (χ3n) is 3.50. The van der Waals surface area contributed by atoms with E-state index in [1.807, 2.05) is 31.2 Å². The van der Waals surface area contributed by atoms with E-state index in [9.17, 15) is 14.7 Å². The lowest BCUT2D eigenvalue weighted by Gasteiger charge is -2.20. The van der Waals surface area contributed by atoms with Gasteiger partial charge in [0.15, 0.2) is 0 Å². The highest BCUT2D eigenvalue weighted by Gasteiger charge is 2.38. The van der Waals surface area contributed by atoms with Gasteiger partial charge in [-0.2, -0.15) is 0 Å². The summed E-state index contributed by atoms with van der Waals surface area (Å²) in [7, 11) is 0. The van der Waals surface area contributed by atoms with Crippen molar-refractivity contribution in [3.05, 3.63) is 35.4 Å². The molecule has 0 radical (unpaired) electrons. The van der Waals surface area contributed by atoms with Crippen molar-refractivity contribution in [3.8, 4) is 0 Å². The van der Waals surface area contributed by atoms with Crippen molar-refractivity contribution in [3.63, 3.8) is 0 Å². The van der Waals surface area contributed by atoms with Crippen molar-refractivity contribution in [1.82, 2.24) is 4.90 Å². The number of carbonyl (C=O) groups excluding carboxylic acids is 1. The van der Waals surface area contributed by atoms with Crippen LogP contribution in [0.15, 0.2) is 24.3 Å². The molecule has 0 saturated carbocycles. The molecule has 1 aromatic rings. The number of thioether (sulfide) groups is 1. The van der Waals surface area contributed by atoms with E-state index in [4.69, 9.17) is 5.11 Å². The number of likely N-dealkylation sites (tertiary alicyclic amines) is 1. The molecule has 5 nitrogen and oxygen atoms in total. The molecular weight excluding hydrogens is 290 g/mol. The Morgan fingerprint density at radius 2 is 2.00 bits per heavy atom. The van der Waals surface area contributed by atoms with Crippen molar-refractivity contribution in [2.75, 3.05) is 12.3 Å². The predicted molar refractivity (Wildman–Crippen MR) is 81.1 cm³/mol. The number of rotatable bonds is 5. The molecule has 0 spiro atoms. The maximum Gasteiger partial charge on any atom is 0.326 e. The van der Waals surface area contributed by atoms with Crippen molar-refractivity contribution < 1.29 is 19.8 Å². The Morgan fingerprint density at radius 3 is 2.62 bits per heavy atom. The summed E-state index contributed by atoms with van der Waals surface area (Å²) >= 11 is 1.46. The normalized spacial score (nSPS) is 21.5. The number of aliphatic hydroxyl groups is 1. The SMILES string of the molecule is Cc1ccc(CSCC(=O)N2CC(O)C[C@H]2C(=O)O)cc1. The summed E-state index contributed by atoms with van der Waals surface area (Å²) in [5.74, 6) is -0.343. The van der Waals surface area contributed by atoms with E-state index in [0.717, 1.165) is 5.56 Å². The summed E-state index contributed by atoms with van der Waals surface area (Å²) in [6, 6.07) is 7.19. The summed E-state index contributed by atoms with van der Waals surface area (Å²) in [5.41, 5.74) is 2.32. The molecule has 6 heteroatoms. The van der Waals surface area contributed by atoms with E-state index in [2.05, 4.69) is 0 Å². The van der Waals surface area contributed by atoms with Crippen molar-refractivity contribution in [2.45, 2.75) is 31.2 Å². The summed E-state index contributed by atoms with van der Waals surface area (Å²) in [6.07, 6.45) is -0.624. The van der Waals surface area contributed by atoms with Gasteiger partial charge in [-0.1, -0.05) is 29.8 Å². The van der Waals surface area contributed by atoms with Crippen LogP contribution in [0.1, 0.15) is 17.5 Å². The van der Waals surface area contributed by atoms with Crippen LogP contribution in [0.3, 0.4) is 0 Å². The van der Waals surface area contributed by atoms with Crippen LogP contribution in [-0.2, 0) is 15.3 Å². The first-order valence-electron chi connectivity index (χ1n) is 6.81. The lowest BCUT2D eigenvalue weighted by atomic mass is 10.2. The fourth-order valence-corrected chi connectivity index (χ4v) is 3.22. The first kappa shape index (κ1) is 15.9. The van der Waals surface area contributed by atoms with Crippen LogP contribution < -0.4 is 0 Å². The number of aliphatic hydroxyl groups excluding tert-OH is 1. The number of amides is 1. The van der Waals surface area contributed by atoms with Gasteiger partial charge in [-0.3, -0.25) is 4.79 Å². The number of carboxylic acid groups (broad SMARTS) is 1. The van der Waals surface area contributed by atoms with Crippen LogP contribution in [0.5, 0.6) is 0 Å². The Kier molecular flexibility index (Phi) is 5.25. The number of aryl methyl sites for hydroxylation is 1. The van der Waals surface area contributed by atoms with E-state index in [1.54, 1.807) is 0 Å². The van der Waals surface area contributed by atoms with Gasteiger partial charge >= 0.3 is 5.97 Å². The van der Waals surface area contributed by atoms with Crippen molar-refractivity contribution in [1.29, 1.82) is 0 Å². The third kappa shape index (κ3) is 4.22. The topological polar surface area (TPSA) is 77.8 Å². The molecule has 1 unspecified atom stereocenters. The molecular formula is C15H19NO4S. The minimum Gasteiger partial charge on any atom is -0.480 e. The largest absolute Gasteiger partial charge is 0.480 e. The highest BCUT2D eigenvalue weighted by molar-refractivity contribution is 7.99. The molecule has 21 heavy (non-hydrogen) atoms. The van der Waals surface area contributed by atoms with Crippen LogP contribution in [0, 0.1) is 6.92 Å². The zero-order valence-electron chi connectivity index (χ0n) is 11.9. The maximum atomic E-state index is 12.1. The number of nitrogens with zero attached hydrogens (tertiary/aromatic N) is 1. The molecule has 114 valence electrons. The fraction of sp³-hybridized carbons (Fsp3) is 0.467. The van der Waals surface area contributed by atoms with Crippen LogP contribution in [0.25, 0.3) is 0 Å². The zero-order chi connectivity index (χ0) is 15.4. The smallest absolute Gasteiger partial charge is 0.326 e. The predicted octanol–water partition coefficient (Wildman–Crippen LogP) is 1.27. The number of benzene rings is 1. The van der Waals surface area contributed by atoms with Gasteiger partial charge in [0.05, 0.1) is 11.9 Å². The molecule has 1 aliphatic rings. The molecule has 0 bridgehead atoms. The number of β-amino-alcohol motifs (C(OH)–C–C–N with tert-alkyl or cyclic N) is 1. The summed E-state index contributed by atoms with van der Waals surface area (Å²) in [6.45, 7) is 2.13. The van der Waals surface area contributed by atoms with Gasteiger partial charge in [0.2, 0.25) is 5.91 Å². The van der Waals surface area contributed by atoms with Gasteiger partial charge < -0.3 is 15.1 Å². The minimum atomic E-state index is -1.05. The highest BCUT2D eigenvalue weighted by atomic mass is 32.2. The van der Waals surface area contributed by atoms with Crippen LogP contribution in [0.2, 0.25) is 0 Å². The van der Waals surface area contributed by atoms with Gasteiger partial charge in [0.25, 0.3) is 0 Å². The third-order valence-corrected chi connectivity index (χ3v) is 4.49. The van der Waals surface area contributed by atoms with E-state index in [1.165, 1.54) is 22.2 Å². The first-order chi connectivity index (χ1) is 9.97. The second kappa shape index (κ2) is 6.95. The van der Waals surface area contributed by atoms with Gasteiger partial charge in [0, 0.05) is 18.7 Å². The molecule has 1 fully saturated rings. The summed E-state index contributed by atoms with van der Waals surface area (Å²) < 4.78 is 0. The monoisotopic (exact) mass is 309 g/mol. The van der Waals surface area contributed by atoms with Gasteiger partial charge in [0.1, 0.15) is 6.04 Å². The molecule has 1 aromatic carbocycles. The molecule has 2 rings (SSSR count). The Hall–Kier alpha value is -1.53. The number of carbonyl (C=O) groups is 2. The van der Waals surface area contributed by atoms with Crippen LogP contribution in [0.4, 0.5) is 0 Å². The van der Waals surface area contributed by atoms with E-state index >= 15 is 0 Å². The molecule has 1 saturated heterocycles. The second-order valence-corrected chi connectivity index (χ2v) is 6.25. The van der Waals surface area contributed by atoms with Crippen LogP contribution >= 0.6 is 11.8 Å². The van der Waals surface area contributed by atoms with E-state index in [-0.39, 0.29) is 24.6 Å². The molecule has 1 aliphatic heterocycles. The molecule has 2 N–H and O–H groups in total. The second-order valence-electron chi connectivity index (χ2n) is 5.27. The lowest BCUT2D eigenvalue weighted by Crippen LogP contribution is -2.41. The van der Waals surface area contributed by atoms with Crippen molar-refractivity contribution >= 4 is 23.6 Å². The van der Waals surface area contributed by atoms with E-state index in [0.29, 0.717) is 5.75 Å². The van der Waals surface area contributed by atoms with Gasteiger partial charge in [-0.05, 0) is 12.5 Å². The Balaban J connectivity index is 1.84. The summed E-state index contributed by atoms with van der Waals surface area (Å²) in [4.78, 5) is 24.4. The van der Waals surface area contributed by atoms with Gasteiger partial charge in [-0.25, -0.2) is 4.79 Å². The molecule has 1 heterocycles. The highest BCUT2D eigenvalue weighted by Crippen LogP contribution is 2.20. The van der Waals surface area contributed by atoms with Crippen LogP contribution in [-0.4, -0.2) is 51.4 Å². The Bertz CT molecular complexity index is 517. The number of hydrogen-bond donors (Lipinski definition) is 2. The average Bonchev–Trinajstić information content (AvgIpc) is 2.83. The number of hydrogen-bond acceptors (Lipinski definition) is 4. The summed E-state index contributed by atoms with van der Waals surface area (Å²) in [5, 5.41) is 18.6. The zero-order valence-corrected chi connectivity index (χ0v) is 12.7. The van der Waals surface area contributed by atoms with Gasteiger partial charge in [-0.15, -0.1) is 11.8 Å². The lowest BCUT2D eigenvalue weighted by molar-refractivity contribution is -0.147. The number of carboxylic acids is 1. The molecule has 0 aromatic heterocycles. The maximum absolute atomic E-state index is 12.1. The average molecular weight is 309 g/mol. The molecule has 1 amide bonds. The minimum absolute atomic E-state index is 0.112. The Morgan fingerprint density at radius 1 is 1.33 bits per heavy atom. The molecule has 0 aliphatic carbocycles. The van der Waals surface area contributed by atoms with Crippen molar-refractivity contribution in [2.24, 2.45) is 0 Å².